The number of esters is 1. The number of ether oxygens (including phenoxy) is 1. The normalized spacial score (nSPS) is 16.8. The number of halogens is 1. The van der Waals surface area contributed by atoms with E-state index in [1.165, 1.54) is 22.4 Å². The van der Waals surface area contributed by atoms with Crippen LogP contribution in [0.4, 0.5) is 5.69 Å². The fraction of sp³-hybridized carbons (Fsp3) is 0.455. The summed E-state index contributed by atoms with van der Waals surface area (Å²) in [5, 5.41) is 11.0. The zero-order valence-electron chi connectivity index (χ0n) is 20.4. The van der Waals surface area contributed by atoms with Gasteiger partial charge in [0.25, 0.3) is 11.6 Å². The molecule has 1 unspecified atom stereocenters. The Morgan fingerprint density at radius 3 is 2.47 bits per heavy atom. The van der Waals surface area contributed by atoms with Gasteiger partial charge in [0.2, 0.25) is 10.0 Å². The number of carbonyl (C=O) groups is 2. The molecule has 0 radical (unpaired) electrons. The number of nitro groups is 1. The van der Waals surface area contributed by atoms with Crippen molar-refractivity contribution < 1.29 is 27.7 Å². The maximum absolute atomic E-state index is 13.5. The van der Waals surface area contributed by atoms with Crippen LogP contribution in [0.25, 0.3) is 0 Å². The van der Waals surface area contributed by atoms with Gasteiger partial charge in [-0.1, -0.05) is 25.4 Å². The van der Waals surface area contributed by atoms with Crippen LogP contribution in [0, 0.1) is 17.0 Å². The van der Waals surface area contributed by atoms with Gasteiger partial charge >= 0.3 is 5.97 Å². The van der Waals surface area contributed by atoms with Gasteiger partial charge in [0.1, 0.15) is 22.1 Å². The number of aromatic nitrogens is 2. The quantitative estimate of drug-likeness (QED) is 0.306. The number of hydrogen-bond acceptors (Lipinski definition) is 9. The third-order valence-electron chi connectivity index (χ3n) is 5.76. The predicted octanol–water partition coefficient (Wildman–Crippen LogP) is 2.79. The number of piperazine rings is 1. The van der Waals surface area contributed by atoms with E-state index in [1.807, 2.05) is 13.8 Å². The summed E-state index contributed by atoms with van der Waals surface area (Å²) in [5.74, 6) is -1.15. The number of benzene rings is 1. The van der Waals surface area contributed by atoms with Crippen LogP contribution in [0.5, 0.6) is 0 Å². The molecule has 0 bridgehead atoms. The van der Waals surface area contributed by atoms with Gasteiger partial charge in [-0.3, -0.25) is 14.9 Å². The monoisotopic (exact) mass is 539 g/mol. The van der Waals surface area contributed by atoms with Crippen molar-refractivity contribution in [1.82, 2.24) is 19.2 Å². The SMILES string of the molecule is COC(=O)c1c(C(=O)N2CCN(S(=O)(=O)c3ccc(Cl)c([N+](=O)[O-])c3)C(C)C2)nc(C)nc1C(C)C. The summed E-state index contributed by atoms with van der Waals surface area (Å²) in [6, 6.07) is 2.61. The molecule has 2 heterocycles. The minimum absolute atomic E-state index is 0.00835. The van der Waals surface area contributed by atoms with Crippen molar-refractivity contribution in [3.63, 3.8) is 0 Å². The average molecular weight is 540 g/mol. The maximum Gasteiger partial charge on any atom is 0.342 e. The highest BCUT2D eigenvalue weighted by atomic mass is 35.5. The number of carbonyl (C=O) groups excluding carboxylic acids is 2. The minimum atomic E-state index is -4.12. The van der Waals surface area contributed by atoms with Crippen LogP contribution >= 0.6 is 11.6 Å². The van der Waals surface area contributed by atoms with Crippen molar-refractivity contribution in [2.45, 2.75) is 44.6 Å². The van der Waals surface area contributed by atoms with Gasteiger partial charge in [-0.05, 0) is 31.9 Å². The summed E-state index contributed by atoms with van der Waals surface area (Å²) in [4.78, 5) is 46.2. The Balaban J connectivity index is 1.91. The zero-order valence-corrected chi connectivity index (χ0v) is 22.0. The van der Waals surface area contributed by atoms with Gasteiger partial charge in [-0.25, -0.2) is 23.2 Å². The van der Waals surface area contributed by atoms with Gasteiger partial charge in [0.05, 0.1) is 22.6 Å². The lowest BCUT2D eigenvalue weighted by Crippen LogP contribution is -2.55. The molecule has 0 N–H and O–H groups in total. The highest BCUT2D eigenvalue weighted by Crippen LogP contribution is 2.30. The van der Waals surface area contributed by atoms with Crippen LogP contribution in [-0.4, -0.2) is 77.2 Å². The molecule has 12 nitrogen and oxygen atoms in total. The molecule has 36 heavy (non-hydrogen) atoms. The molecule has 1 atom stereocenters. The lowest BCUT2D eigenvalue weighted by molar-refractivity contribution is -0.384. The smallest absolute Gasteiger partial charge is 0.342 e. The van der Waals surface area contributed by atoms with Crippen molar-refractivity contribution >= 4 is 39.2 Å². The average Bonchev–Trinajstić information content (AvgIpc) is 2.82. The molecule has 3 rings (SSSR count). The second-order valence-electron chi connectivity index (χ2n) is 8.61. The van der Waals surface area contributed by atoms with E-state index in [-0.39, 0.29) is 46.7 Å². The van der Waals surface area contributed by atoms with Gasteiger partial charge in [-0.2, -0.15) is 4.31 Å². The van der Waals surface area contributed by atoms with E-state index in [0.717, 1.165) is 12.1 Å². The molecule has 1 aliphatic heterocycles. The molecular weight excluding hydrogens is 514 g/mol. The van der Waals surface area contributed by atoms with E-state index in [0.29, 0.717) is 11.5 Å². The molecule has 0 saturated carbocycles. The van der Waals surface area contributed by atoms with Gasteiger partial charge in [0, 0.05) is 31.7 Å². The standard InChI is InChI=1S/C22H26ClN5O7S/c1-12(2)19-18(22(30)35-5)20(25-14(4)24-19)21(29)26-8-9-27(13(3)11-26)36(33,34)15-6-7-16(23)17(10-15)28(31)32/h6-7,10,12-13H,8-9,11H2,1-5H3. The molecule has 0 aliphatic carbocycles. The first kappa shape index (κ1) is 27.4. The largest absolute Gasteiger partial charge is 0.465 e. The second-order valence-corrected chi connectivity index (χ2v) is 10.9. The Bertz CT molecular complexity index is 1330. The first-order valence-corrected chi connectivity index (χ1v) is 12.8. The van der Waals surface area contributed by atoms with Gasteiger partial charge in [-0.15, -0.1) is 0 Å². The maximum atomic E-state index is 13.5. The molecule has 1 aliphatic rings. The summed E-state index contributed by atoms with van der Waals surface area (Å²) in [7, 11) is -2.91. The topological polar surface area (TPSA) is 153 Å². The third-order valence-corrected chi connectivity index (χ3v) is 8.09. The van der Waals surface area contributed by atoms with Crippen LogP contribution in [0.1, 0.15) is 59.1 Å². The number of amides is 1. The molecule has 1 aromatic carbocycles. The molecule has 2 aromatic rings. The fourth-order valence-corrected chi connectivity index (χ4v) is 5.85. The second kappa shape index (κ2) is 10.4. The van der Waals surface area contributed by atoms with Crippen molar-refractivity contribution in [3.8, 4) is 0 Å². The van der Waals surface area contributed by atoms with Crippen molar-refractivity contribution in [2.24, 2.45) is 0 Å². The van der Waals surface area contributed by atoms with E-state index in [9.17, 15) is 28.1 Å². The Morgan fingerprint density at radius 2 is 1.92 bits per heavy atom. The minimum Gasteiger partial charge on any atom is -0.465 e. The van der Waals surface area contributed by atoms with Crippen LogP contribution in [0.2, 0.25) is 5.02 Å². The van der Waals surface area contributed by atoms with E-state index in [2.05, 4.69) is 9.97 Å². The molecule has 1 saturated heterocycles. The fourth-order valence-electron chi connectivity index (χ4n) is 4.03. The number of aryl methyl sites for hydroxylation is 1. The van der Waals surface area contributed by atoms with Gasteiger partial charge in [0.15, 0.2) is 0 Å². The number of nitrogens with zero attached hydrogens (tertiary/aromatic N) is 5. The summed E-state index contributed by atoms with van der Waals surface area (Å²) in [6.07, 6.45) is 0. The molecule has 194 valence electrons. The highest BCUT2D eigenvalue weighted by molar-refractivity contribution is 7.89. The predicted molar refractivity (Wildman–Crippen MR) is 130 cm³/mol. The Kier molecular flexibility index (Phi) is 7.96. The van der Waals surface area contributed by atoms with Crippen LogP contribution in [-0.2, 0) is 14.8 Å². The van der Waals surface area contributed by atoms with Crippen molar-refractivity contribution in [1.29, 1.82) is 0 Å². The molecule has 1 amide bonds. The Labute approximate surface area is 213 Å². The van der Waals surface area contributed by atoms with E-state index < -0.39 is 38.6 Å². The third kappa shape index (κ3) is 5.18. The summed E-state index contributed by atoms with van der Waals surface area (Å²) in [6.45, 7) is 6.84. The first-order chi connectivity index (χ1) is 16.8. The van der Waals surface area contributed by atoms with Crippen molar-refractivity contribution in [3.05, 3.63) is 56.1 Å². The number of sulfonamides is 1. The van der Waals surface area contributed by atoms with Crippen molar-refractivity contribution in [2.75, 3.05) is 26.7 Å². The number of methoxy groups -OCH3 is 1. The Hall–Kier alpha value is -3.16. The van der Waals surface area contributed by atoms with E-state index in [4.69, 9.17) is 16.3 Å². The van der Waals surface area contributed by atoms with E-state index >= 15 is 0 Å². The van der Waals surface area contributed by atoms with Crippen LogP contribution < -0.4 is 0 Å². The molecule has 0 spiro atoms. The summed E-state index contributed by atoms with van der Waals surface area (Å²) >= 11 is 5.82. The zero-order chi connectivity index (χ0) is 26.9. The number of rotatable bonds is 6. The molecule has 1 aromatic heterocycles. The molecule has 1 fully saturated rings. The van der Waals surface area contributed by atoms with Crippen LogP contribution in [0.15, 0.2) is 23.1 Å². The molecule has 14 heteroatoms. The lowest BCUT2D eigenvalue weighted by atomic mass is 10.0. The Morgan fingerprint density at radius 1 is 1.25 bits per heavy atom. The number of nitro benzene ring substituents is 1. The first-order valence-electron chi connectivity index (χ1n) is 11.0. The highest BCUT2D eigenvalue weighted by Gasteiger charge is 2.38. The lowest BCUT2D eigenvalue weighted by Gasteiger charge is -2.39. The van der Waals surface area contributed by atoms with Gasteiger partial charge < -0.3 is 9.64 Å². The molecular formula is C22H26ClN5O7S. The summed E-state index contributed by atoms with van der Waals surface area (Å²) in [5.41, 5.74) is -0.250. The van der Waals surface area contributed by atoms with E-state index in [1.54, 1.807) is 13.8 Å². The van der Waals surface area contributed by atoms with Crippen LogP contribution in [0.3, 0.4) is 0 Å². The summed E-state index contributed by atoms with van der Waals surface area (Å²) < 4.78 is 32.6. The number of hydrogen-bond donors (Lipinski definition) is 0.